The van der Waals surface area contributed by atoms with E-state index in [2.05, 4.69) is 0 Å². The lowest BCUT2D eigenvalue weighted by Crippen LogP contribution is -2.37. The molecule has 0 aromatic heterocycles. The van der Waals surface area contributed by atoms with Crippen LogP contribution in [0.25, 0.3) is 0 Å². The van der Waals surface area contributed by atoms with Crippen LogP contribution in [0.5, 0.6) is 0 Å². The van der Waals surface area contributed by atoms with Crippen LogP contribution < -0.4 is 10.6 Å². The van der Waals surface area contributed by atoms with Gasteiger partial charge in [-0.1, -0.05) is 18.3 Å². The van der Waals surface area contributed by atoms with Crippen molar-refractivity contribution in [3.05, 3.63) is 23.8 Å². The number of methoxy groups -OCH3 is 1. The molecule has 0 spiro atoms. The van der Waals surface area contributed by atoms with E-state index in [4.69, 9.17) is 22.7 Å². The molecule has 0 saturated carbocycles. The van der Waals surface area contributed by atoms with E-state index in [1.165, 1.54) is 7.11 Å². The largest absolute Gasteiger partial charge is 0.468 e. The van der Waals surface area contributed by atoms with Gasteiger partial charge in [-0.05, 0) is 32.2 Å². The molecule has 4 nitrogen and oxygen atoms in total. The van der Waals surface area contributed by atoms with Crippen molar-refractivity contribution in [2.24, 2.45) is 5.73 Å². The van der Waals surface area contributed by atoms with Crippen LogP contribution in [0.15, 0.2) is 23.1 Å². The van der Waals surface area contributed by atoms with Crippen LogP contribution in [0, 0.1) is 0 Å². The molecule has 0 aliphatic carbocycles. The van der Waals surface area contributed by atoms with Crippen molar-refractivity contribution < 1.29 is 9.53 Å². The number of ether oxygens (including phenoxy) is 1. The fourth-order valence-corrected chi connectivity index (χ4v) is 2.84. The number of thioether (sulfide) groups is 1. The van der Waals surface area contributed by atoms with Gasteiger partial charge < -0.3 is 15.4 Å². The molecule has 1 aromatic rings. The first-order valence-electron chi connectivity index (χ1n) is 6.22. The number of benzene rings is 1. The molecule has 0 saturated heterocycles. The lowest BCUT2D eigenvalue weighted by atomic mass is 10.1. The topological polar surface area (TPSA) is 55.6 Å². The van der Waals surface area contributed by atoms with Crippen LogP contribution in [-0.2, 0) is 9.53 Å². The molecule has 110 valence electrons. The predicted molar refractivity (Wildman–Crippen MR) is 88.6 cm³/mol. The molecule has 0 radical (unpaired) electrons. The summed E-state index contributed by atoms with van der Waals surface area (Å²) in [6.45, 7) is 4.19. The lowest BCUT2D eigenvalue weighted by molar-refractivity contribution is -0.139. The molecule has 0 aliphatic heterocycles. The molecule has 0 heterocycles. The first kappa shape index (κ1) is 16.8. The average Bonchev–Trinajstić information content (AvgIpc) is 2.42. The molecule has 0 atom stereocenters. The number of rotatable bonds is 6. The minimum atomic E-state index is -0.290. The van der Waals surface area contributed by atoms with Gasteiger partial charge in [-0.3, -0.25) is 4.79 Å². The molecular weight excluding hydrogens is 292 g/mol. The van der Waals surface area contributed by atoms with Crippen LogP contribution in [0.1, 0.15) is 19.4 Å². The molecule has 0 fully saturated rings. The zero-order valence-electron chi connectivity index (χ0n) is 12.2. The number of nitrogens with zero attached hydrogens (tertiary/aromatic N) is 1. The molecule has 2 N–H and O–H groups in total. The smallest absolute Gasteiger partial charge is 0.325 e. The van der Waals surface area contributed by atoms with Crippen LogP contribution in [0.2, 0.25) is 0 Å². The van der Waals surface area contributed by atoms with Gasteiger partial charge in [0.05, 0.1) is 7.11 Å². The fourth-order valence-electron chi connectivity index (χ4n) is 1.93. The Bertz CT molecular complexity index is 504. The minimum absolute atomic E-state index is 0.124. The van der Waals surface area contributed by atoms with Gasteiger partial charge in [-0.15, -0.1) is 11.8 Å². The van der Waals surface area contributed by atoms with Crippen molar-refractivity contribution in [3.63, 3.8) is 0 Å². The van der Waals surface area contributed by atoms with E-state index in [-0.39, 0.29) is 18.6 Å². The van der Waals surface area contributed by atoms with Gasteiger partial charge in [0.15, 0.2) is 0 Å². The van der Waals surface area contributed by atoms with Crippen molar-refractivity contribution in [2.45, 2.75) is 24.8 Å². The van der Waals surface area contributed by atoms with Crippen molar-refractivity contribution in [1.29, 1.82) is 0 Å². The third-order valence-electron chi connectivity index (χ3n) is 2.93. The van der Waals surface area contributed by atoms with Crippen LogP contribution in [-0.4, -0.2) is 36.9 Å². The number of thiocarbonyl (C=S) groups is 1. The second-order valence-electron chi connectivity index (χ2n) is 4.52. The fraction of sp³-hybridized carbons (Fsp3) is 0.429. The molecule has 20 heavy (non-hydrogen) atoms. The zero-order valence-corrected chi connectivity index (χ0v) is 13.8. The predicted octanol–water partition coefficient (Wildman–Crippen LogP) is 2.43. The summed E-state index contributed by atoms with van der Waals surface area (Å²) in [4.78, 5) is 14.9. The molecule has 0 amide bonds. The average molecular weight is 312 g/mol. The summed E-state index contributed by atoms with van der Waals surface area (Å²) in [6, 6.07) is 5.96. The monoisotopic (exact) mass is 312 g/mol. The van der Waals surface area contributed by atoms with Gasteiger partial charge in [-0.2, -0.15) is 0 Å². The number of esters is 1. The Morgan fingerprint density at radius 3 is 2.60 bits per heavy atom. The maximum atomic E-state index is 11.6. The summed E-state index contributed by atoms with van der Waals surface area (Å²) in [7, 11) is 1.38. The van der Waals surface area contributed by atoms with Crippen molar-refractivity contribution in [3.8, 4) is 0 Å². The SMILES string of the molecule is COC(=O)CN(c1cccc(SC)c1C(N)=S)C(C)C. The van der Waals surface area contributed by atoms with Gasteiger partial charge in [0.25, 0.3) is 0 Å². The van der Waals surface area contributed by atoms with Crippen molar-refractivity contribution in [2.75, 3.05) is 24.8 Å². The summed E-state index contributed by atoms with van der Waals surface area (Å²) in [5.41, 5.74) is 7.55. The van der Waals surface area contributed by atoms with E-state index in [0.29, 0.717) is 4.99 Å². The van der Waals surface area contributed by atoms with Crippen LogP contribution in [0.4, 0.5) is 5.69 Å². The molecule has 0 aliphatic rings. The first-order chi connectivity index (χ1) is 9.42. The number of anilines is 1. The van der Waals surface area contributed by atoms with Crippen molar-refractivity contribution in [1.82, 2.24) is 0 Å². The van der Waals surface area contributed by atoms with E-state index in [9.17, 15) is 4.79 Å². The van der Waals surface area contributed by atoms with E-state index >= 15 is 0 Å². The normalized spacial score (nSPS) is 10.4. The standard InChI is InChI=1S/C14H20N2O2S2/c1-9(2)16(8-12(17)18-3)10-6-5-7-11(20-4)13(10)14(15)19/h5-7,9H,8H2,1-4H3,(H2,15,19). The molecule has 1 aromatic carbocycles. The third-order valence-corrected chi connectivity index (χ3v) is 3.91. The second kappa shape index (κ2) is 7.50. The van der Waals surface area contributed by atoms with Gasteiger partial charge >= 0.3 is 5.97 Å². The summed E-state index contributed by atoms with van der Waals surface area (Å²) in [5.74, 6) is -0.290. The Labute approximate surface area is 129 Å². The quantitative estimate of drug-likeness (QED) is 0.495. The Hall–Kier alpha value is -1.27. The molecule has 0 unspecified atom stereocenters. The summed E-state index contributed by atoms with van der Waals surface area (Å²) >= 11 is 6.75. The first-order valence-corrected chi connectivity index (χ1v) is 7.85. The highest BCUT2D eigenvalue weighted by molar-refractivity contribution is 7.98. The summed E-state index contributed by atoms with van der Waals surface area (Å²) in [6.07, 6.45) is 1.97. The highest BCUT2D eigenvalue weighted by atomic mass is 32.2. The van der Waals surface area contributed by atoms with Crippen LogP contribution >= 0.6 is 24.0 Å². The number of hydrogen-bond acceptors (Lipinski definition) is 5. The molecule has 6 heteroatoms. The molecule has 0 bridgehead atoms. The highest BCUT2D eigenvalue weighted by Gasteiger charge is 2.21. The highest BCUT2D eigenvalue weighted by Crippen LogP contribution is 2.30. The van der Waals surface area contributed by atoms with Gasteiger partial charge in [0, 0.05) is 22.2 Å². The number of carbonyl (C=O) groups is 1. The number of hydrogen-bond donors (Lipinski definition) is 1. The van der Waals surface area contributed by atoms with E-state index in [0.717, 1.165) is 16.1 Å². The Balaban J connectivity index is 3.32. The summed E-state index contributed by atoms with van der Waals surface area (Å²) < 4.78 is 4.76. The number of nitrogens with two attached hydrogens (primary N) is 1. The maximum Gasteiger partial charge on any atom is 0.325 e. The number of carbonyl (C=O) groups excluding carboxylic acids is 1. The summed E-state index contributed by atoms with van der Waals surface area (Å²) in [5, 5.41) is 0. The second-order valence-corrected chi connectivity index (χ2v) is 5.80. The Morgan fingerprint density at radius 1 is 1.50 bits per heavy atom. The van der Waals surface area contributed by atoms with E-state index in [1.807, 2.05) is 43.2 Å². The van der Waals surface area contributed by atoms with E-state index < -0.39 is 0 Å². The van der Waals surface area contributed by atoms with Gasteiger partial charge in [0.1, 0.15) is 11.5 Å². The molecule has 1 rings (SSSR count). The maximum absolute atomic E-state index is 11.6. The minimum Gasteiger partial charge on any atom is -0.468 e. The lowest BCUT2D eigenvalue weighted by Gasteiger charge is -2.30. The third kappa shape index (κ3) is 3.86. The van der Waals surface area contributed by atoms with Crippen LogP contribution in [0.3, 0.4) is 0 Å². The van der Waals surface area contributed by atoms with E-state index in [1.54, 1.807) is 11.8 Å². The molecular formula is C14H20N2O2S2. The van der Waals surface area contributed by atoms with Crippen molar-refractivity contribution >= 4 is 40.6 Å². The Morgan fingerprint density at radius 2 is 2.15 bits per heavy atom. The van der Waals surface area contributed by atoms with Gasteiger partial charge in [-0.25, -0.2) is 0 Å². The zero-order chi connectivity index (χ0) is 15.3. The Kier molecular flexibility index (Phi) is 6.29. The van der Waals surface area contributed by atoms with Gasteiger partial charge in [0.2, 0.25) is 0 Å².